The van der Waals surface area contributed by atoms with Crippen molar-refractivity contribution >= 4 is 0 Å². The van der Waals surface area contributed by atoms with Crippen LogP contribution in [0.2, 0.25) is 0 Å². The fraction of sp³-hybridized carbons (Fsp3) is 0.562. The van der Waals surface area contributed by atoms with Gasteiger partial charge < -0.3 is 4.74 Å². The number of morpholine rings is 1. The molecule has 1 fully saturated rings. The van der Waals surface area contributed by atoms with Crippen LogP contribution in [0.15, 0.2) is 24.3 Å². The summed E-state index contributed by atoms with van der Waals surface area (Å²) >= 11 is 0. The molecule has 2 heterocycles. The van der Waals surface area contributed by atoms with Gasteiger partial charge >= 0.3 is 0 Å². The molecule has 1 aliphatic rings. The van der Waals surface area contributed by atoms with E-state index in [2.05, 4.69) is 65.5 Å². The number of aryl methyl sites for hydroxylation is 1. The first-order valence-electron chi connectivity index (χ1n) is 7.84. The van der Waals surface area contributed by atoms with Crippen LogP contribution in [0.5, 0.6) is 0 Å². The molecule has 1 atom stereocenters. The van der Waals surface area contributed by atoms with E-state index in [1.54, 1.807) is 0 Å². The van der Waals surface area contributed by atoms with Crippen LogP contribution < -0.4 is 0 Å². The zero-order valence-corrected chi connectivity index (χ0v) is 13.5. The summed E-state index contributed by atoms with van der Waals surface area (Å²) in [4.78, 5) is 2.42. The Bertz CT molecular complexity index is 618. The monoisotopic (exact) mass is 301 g/mol. The van der Waals surface area contributed by atoms with E-state index >= 15 is 0 Å². The Balaban J connectivity index is 1.99. The fourth-order valence-corrected chi connectivity index (χ4v) is 2.96. The molecule has 22 heavy (non-hydrogen) atoms. The van der Waals surface area contributed by atoms with Crippen molar-refractivity contribution in [2.45, 2.75) is 32.7 Å². The summed E-state index contributed by atoms with van der Waals surface area (Å²) in [6.07, 6.45) is 0.944. The van der Waals surface area contributed by atoms with Crippen molar-refractivity contribution in [3.8, 4) is 5.69 Å². The average Bonchev–Trinajstić information content (AvgIpc) is 3.06. The van der Waals surface area contributed by atoms with Crippen molar-refractivity contribution in [2.24, 2.45) is 0 Å². The minimum Gasteiger partial charge on any atom is -0.379 e. The Morgan fingerprint density at radius 2 is 1.86 bits per heavy atom. The minimum atomic E-state index is -0.196. The van der Waals surface area contributed by atoms with Crippen LogP contribution in [0, 0.1) is 6.92 Å². The second-order valence-electron chi connectivity index (χ2n) is 5.98. The van der Waals surface area contributed by atoms with Crippen LogP contribution in [0.3, 0.4) is 0 Å². The van der Waals surface area contributed by atoms with Crippen molar-refractivity contribution in [3.63, 3.8) is 0 Å². The SMILES string of the molecule is CCC(C)(c1nnnn1-c1ccc(C)cc1)N1CCOCC1. The van der Waals surface area contributed by atoms with Gasteiger partial charge in [0.2, 0.25) is 0 Å². The number of rotatable bonds is 4. The van der Waals surface area contributed by atoms with Crippen LogP contribution >= 0.6 is 0 Å². The van der Waals surface area contributed by atoms with Gasteiger partial charge in [-0.05, 0) is 42.8 Å². The lowest BCUT2D eigenvalue weighted by atomic mass is 9.94. The van der Waals surface area contributed by atoms with Gasteiger partial charge in [0.1, 0.15) is 0 Å². The number of aromatic nitrogens is 4. The number of hydrogen-bond acceptors (Lipinski definition) is 5. The van der Waals surface area contributed by atoms with Crippen molar-refractivity contribution in [2.75, 3.05) is 26.3 Å². The molecule has 1 unspecified atom stereocenters. The van der Waals surface area contributed by atoms with Gasteiger partial charge in [0.05, 0.1) is 24.4 Å². The van der Waals surface area contributed by atoms with Gasteiger partial charge in [-0.1, -0.05) is 24.6 Å². The number of benzene rings is 1. The van der Waals surface area contributed by atoms with E-state index < -0.39 is 0 Å². The third kappa shape index (κ3) is 2.64. The van der Waals surface area contributed by atoms with E-state index in [0.29, 0.717) is 0 Å². The summed E-state index contributed by atoms with van der Waals surface area (Å²) in [5.74, 6) is 0.890. The molecule has 0 aliphatic carbocycles. The maximum Gasteiger partial charge on any atom is 0.176 e. The summed E-state index contributed by atoms with van der Waals surface area (Å²) in [5, 5.41) is 12.5. The highest BCUT2D eigenvalue weighted by molar-refractivity contribution is 5.34. The highest BCUT2D eigenvalue weighted by Crippen LogP contribution is 2.31. The van der Waals surface area contributed by atoms with E-state index in [1.165, 1.54) is 5.56 Å². The van der Waals surface area contributed by atoms with Crippen LogP contribution in [0.1, 0.15) is 31.7 Å². The Morgan fingerprint density at radius 1 is 1.18 bits per heavy atom. The maximum atomic E-state index is 5.48. The first-order chi connectivity index (χ1) is 10.6. The lowest BCUT2D eigenvalue weighted by molar-refractivity contribution is -0.0240. The summed E-state index contributed by atoms with van der Waals surface area (Å²) in [5.41, 5.74) is 2.03. The van der Waals surface area contributed by atoms with Gasteiger partial charge in [0.25, 0.3) is 0 Å². The molecular formula is C16H23N5O. The Labute approximate surface area is 131 Å². The normalized spacial score (nSPS) is 19.0. The smallest absolute Gasteiger partial charge is 0.176 e. The topological polar surface area (TPSA) is 56.1 Å². The van der Waals surface area contributed by atoms with E-state index in [-0.39, 0.29) is 5.54 Å². The quantitative estimate of drug-likeness (QED) is 0.863. The van der Waals surface area contributed by atoms with E-state index in [4.69, 9.17) is 4.74 Å². The molecule has 2 aromatic rings. The fourth-order valence-electron chi connectivity index (χ4n) is 2.96. The van der Waals surface area contributed by atoms with E-state index in [9.17, 15) is 0 Å². The standard InChI is InChI=1S/C16H23N5O/c1-4-16(3,20-9-11-22-12-10-20)15-17-18-19-21(15)14-7-5-13(2)6-8-14/h5-8H,4,9-12H2,1-3H3. The van der Waals surface area contributed by atoms with Crippen molar-refractivity contribution in [3.05, 3.63) is 35.7 Å². The lowest BCUT2D eigenvalue weighted by Gasteiger charge is -2.41. The van der Waals surface area contributed by atoms with E-state index in [1.807, 2.05) is 4.68 Å². The van der Waals surface area contributed by atoms with Gasteiger partial charge in [-0.2, -0.15) is 4.68 Å². The molecule has 1 aromatic carbocycles. The molecule has 6 nitrogen and oxygen atoms in total. The Hall–Kier alpha value is -1.79. The summed E-state index contributed by atoms with van der Waals surface area (Å²) < 4.78 is 7.34. The third-order valence-electron chi connectivity index (χ3n) is 4.63. The second kappa shape index (κ2) is 6.14. The highest BCUT2D eigenvalue weighted by atomic mass is 16.5. The molecule has 0 spiro atoms. The summed E-state index contributed by atoms with van der Waals surface area (Å²) in [6, 6.07) is 8.28. The Kier molecular flexibility index (Phi) is 4.22. The van der Waals surface area contributed by atoms with Gasteiger partial charge in [0.15, 0.2) is 5.82 Å². The highest BCUT2D eigenvalue weighted by Gasteiger charge is 2.38. The Morgan fingerprint density at radius 3 is 2.50 bits per heavy atom. The van der Waals surface area contributed by atoms with Crippen LogP contribution in [-0.2, 0) is 10.3 Å². The zero-order valence-electron chi connectivity index (χ0n) is 13.5. The molecule has 0 saturated carbocycles. The molecule has 3 rings (SSSR count). The summed E-state index contributed by atoms with van der Waals surface area (Å²) in [7, 11) is 0. The maximum absolute atomic E-state index is 5.48. The van der Waals surface area contributed by atoms with Crippen molar-refractivity contribution < 1.29 is 4.74 Å². The largest absolute Gasteiger partial charge is 0.379 e. The van der Waals surface area contributed by atoms with Crippen molar-refractivity contribution in [1.29, 1.82) is 0 Å². The van der Waals surface area contributed by atoms with Crippen LogP contribution in [-0.4, -0.2) is 51.4 Å². The number of nitrogens with zero attached hydrogens (tertiary/aromatic N) is 5. The summed E-state index contributed by atoms with van der Waals surface area (Å²) in [6.45, 7) is 9.83. The van der Waals surface area contributed by atoms with E-state index in [0.717, 1.165) is 44.2 Å². The third-order valence-corrected chi connectivity index (χ3v) is 4.63. The van der Waals surface area contributed by atoms with Gasteiger partial charge in [0, 0.05) is 13.1 Å². The van der Waals surface area contributed by atoms with Crippen LogP contribution in [0.4, 0.5) is 0 Å². The average molecular weight is 301 g/mol. The first kappa shape index (κ1) is 15.1. The molecule has 0 N–H and O–H groups in total. The van der Waals surface area contributed by atoms with Gasteiger partial charge in [-0.15, -0.1) is 5.10 Å². The number of ether oxygens (including phenoxy) is 1. The number of hydrogen-bond donors (Lipinski definition) is 0. The van der Waals surface area contributed by atoms with Gasteiger partial charge in [-0.25, -0.2) is 0 Å². The molecule has 1 saturated heterocycles. The first-order valence-corrected chi connectivity index (χ1v) is 7.84. The van der Waals surface area contributed by atoms with Crippen molar-refractivity contribution in [1.82, 2.24) is 25.1 Å². The predicted octanol–water partition coefficient (Wildman–Crippen LogP) is 1.93. The lowest BCUT2D eigenvalue weighted by Crippen LogP contribution is -2.50. The van der Waals surface area contributed by atoms with Gasteiger partial charge in [-0.3, -0.25) is 4.90 Å². The number of tetrazole rings is 1. The second-order valence-corrected chi connectivity index (χ2v) is 5.98. The van der Waals surface area contributed by atoms with Crippen LogP contribution in [0.25, 0.3) is 5.69 Å². The zero-order chi connectivity index (χ0) is 15.6. The molecule has 1 aromatic heterocycles. The molecule has 118 valence electrons. The minimum absolute atomic E-state index is 0.196. The molecule has 0 bridgehead atoms. The molecule has 0 radical (unpaired) electrons. The molecule has 6 heteroatoms. The predicted molar refractivity (Wildman–Crippen MR) is 83.9 cm³/mol. The molecule has 1 aliphatic heterocycles. The molecular weight excluding hydrogens is 278 g/mol. The molecule has 0 amide bonds.